The third kappa shape index (κ3) is 6.84. The van der Waals surface area contributed by atoms with Crippen molar-refractivity contribution in [1.82, 2.24) is 19.8 Å². The summed E-state index contributed by atoms with van der Waals surface area (Å²) in [6, 6.07) is 0. The largest absolute Gasteiger partial charge is 0.355 e. The van der Waals surface area contributed by atoms with Crippen LogP contribution in [-0.4, -0.2) is 81.2 Å². The molecule has 2 aliphatic rings. The molecule has 2 aliphatic heterocycles. The van der Waals surface area contributed by atoms with Crippen molar-refractivity contribution in [2.24, 2.45) is 4.99 Å². The van der Waals surface area contributed by atoms with Gasteiger partial charge in [0.1, 0.15) is 0 Å². The monoisotopic (exact) mass is 487 g/mol. The molecule has 0 radical (unpaired) electrons. The predicted molar refractivity (Wildman–Crippen MR) is 114 cm³/mol. The minimum Gasteiger partial charge on any atom is -0.355 e. The third-order valence-electron chi connectivity index (χ3n) is 4.98. The van der Waals surface area contributed by atoms with Crippen molar-refractivity contribution in [2.75, 3.05) is 52.1 Å². The van der Waals surface area contributed by atoms with E-state index in [-0.39, 0.29) is 35.3 Å². The molecule has 2 heterocycles. The lowest BCUT2D eigenvalue weighted by atomic mass is 9.98. The molecule has 0 saturated carbocycles. The van der Waals surface area contributed by atoms with Gasteiger partial charge in [0.2, 0.25) is 10.0 Å². The lowest BCUT2D eigenvalue weighted by Gasteiger charge is -2.41. The second-order valence-electron chi connectivity index (χ2n) is 7.28. The third-order valence-corrected chi connectivity index (χ3v) is 6.94. The second kappa shape index (κ2) is 10.3. The van der Waals surface area contributed by atoms with Crippen LogP contribution in [0.3, 0.4) is 0 Å². The Kier molecular flexibility index (Phi) is 9.41. The van der Waals surface area contributed by atoms with Crippen LogP contribution in [0.1, 0.15) is 39.5 Å². The molecule has 9 heteroatoms. The molecular formula is C16H34IN5O2S. The summed E-state index contributed by atoms with van der Waals surface area (Å²) in [6.07, 6.45) is 4.63. The molecule has 2 N–H and O–H groups in total. The van der Waals surface area contributed by atoms with E-state index in [9.17, 15) is 8.42 Å². The average molecular weight is 487 g/mol. The van der Waals surface area contributed by atoms with Gasteiger partial charge in [0, 0.05) is 38.8 Å². The van der Waals surface area contributed by atoms with Gasteiger partial charge in [-0.1, -0.05) is 6.42 Å². The van der Waals surface area contributed by atoms with Gasteiger partial charge >= 0.3 is 0 Å². The van der Waals surface area contributed by atoms with E-state index in [0.29, 0.717) is 19.6 Å². The summed E-state index contributed by atoms with van der Waals surface area (Å²) in [6.45, 7) is 9.36. The van der Waals surface area contributed by atoms with Gasteiger partial charge in [0.25, 0.3) is 0 Å². The minimum atomic E-state index is -3.02. The number of nitrogens with one attached hydrogen (secondary N) is 2. The van der Waals surface area contributed by atoms with Crippen molar-refractivity contribution >= 4 is 40.0 Å². The summed E-state index contributed by atoms with van der Waals surface area (Å²) in [4.78, 5) is 6.78. The number of sulfonamides is 1. The first-order chi connectivity index (χ1) is 11.3. The molecule has 0 aromatic rings. The van der Waals surface area contributed by atoms with Crippen LogP contribution in [0, 0.1) is 0 Å². The number of piperidine rings is 1. The highest BCUT2D eigenvalue weighted by atomic mass is 127. The molecule has 2 rings (SSSR count). The van der Waals surface area contributed by atoms with Gasteiger partial charge in [-0.3, -0.25) is 9.89 Å². The van der Waals surface area contributed by atoms with E-state index in [0.717, 1.165) is 32.0 Å². The number of guanidine groups is 1. The van der Waals surface area contributed by atoms with Crippen molar-refractivity contribution < 1.29 is 8.42 Å². The normalized spacial score (nSPS) is 22.4. The van der Waals surface area contributed by atoms with Crippen LogP contribution in [0.2, 0.25) is 0 Å². The first-order valence-electron chi connectivity index (χ1n) is 9.02. The van der Waals surface area contributed by atoms with Crippen LogP contribution in [0.5, 0.6) is 0 Å². The first kappa shape index (κ1) is 22.9. The van der Waals surface area contributed by atoms with Crippen LogP contribution in [0.4, 0.5) is 0 Å². The maximum Gasteiger partial charge on any atom is 0.214 e. The topological polar surface area (TPSA) is 77.0 Å². The molecule has 0 aliphatic carbocycles. The molecule has 0 aromatic heterocycles. The molecule has 0 atom stereocenters. The Hall–Kier alpha value is -0.130. The van der Waals surface area contributed by atoms with E-state index >= 15 is 0 Å². The van der Waals surface area contributed by atoms with Crippen LogP contribution in [0.15, 0.2) is 4.99 Å². The molecule has 0 bridgehead atoms. The smallest absolute Gasteiger partial charge is 0.214 e. The van der Waals surface area contributed by atoms with Crippen LogP contribution >= 0.6 is 24.0 Å². The summed E-state index contributed by atoms with van der Waals surface area (Å²) in [5.74, 6) is 1.01. The minimum absolute atomic E-state index is 0. The van der Waals surface area contributed by atoms with Gasteiger partial charge in [-0.15, -0.1) is 24.0 Å². The summed E-state index contributed by atoms with van der Waals surface area (Å²) in [5.41, 5.74) is 0.0797. The van der Waals surface area contributed by atoms with E-state index in [2.05, 4.69) is 34.4 Å². The number of rotatable bonds is 6. The fraction of sp³-hybridized carbons (Fsp3) is 0.938. The molecule has 148 valence electrons. The zero-order valence-corrected chi connectivity index (χ0v) is 18.9. The van der Waals surface area contributed by atoms with E-state index in [4.69, 9.17) is 0 Å². The van der Waals surface area contributed by atoms with Crippen LogP contribution < -0.4 is 10.6 Å². The Balaban J connectivity index is 0.00000312. The molecule has 2 fully saturated rings. The molecule has 25 heavy (non-hydrogen) atoms. The molecular weight excluding hydrogens is 453 g/mol. The molecule has 0 unspecified atom stereocenters. The number of halogens is 1. The summed E-state index contributed by atoms with van der Waals surface area (Å²) < 4.78 is 25.1. The predicted octanol–water partition coefficient (Wildman–Crippen LogP) is 1.07. The van der Waals surface area contributed by atoms with Gasteiger partial charge in [0.15, 0.2) is 5.96 Å². The fourth-order valence-electron chi connectivity index (χ4n) is 3.37. The fourth-order valence-corrected chi connectivity index (χ4v) is 4.90. The van der Waals surface area contributed by atoms with Gasteiger partial charge in [-0.2, -0.15) is 0 Å². The highest BCUT2D eigenvalue weighted by Gasteiger charge is 2.29. The van der Waals surface area contributed by atoms with Crippen molar-refractivity contribution in [3.63, 3.8) is 0 Å². The number of likely N-dealkylation sites (tertiary alicyclic amines) is 1. The van der Waals surface area contributed by atoms with Crippen LogP contribution in [-0.2, 0) is 10.0 Å². The zero-order valence-electron chi connectivity index (χ0n) is 15.8. The van der Waals surface area contributed by atoms with E-state index in [1.165, 1.54) is 19.3 Å². The van der Waals surface area contributed by atoms with E-state index in [1.54, 1.807) is 11.4 Å². The molecule has 0 aromatic carbocycles. The van der Waals surface area contributed by atoms with E-state index in [1.807, 2.05) is 0 Å². The Bertz CT molecular complexity index is 533. The van der Waals surface area contributed by atoms with Crippen molar-refractivity contribution in [3.8, 4) is 0 Å². The Morgan fingerprint density at radius 3 is 2.32 bits per heavy atom. The van der Waals surface area contributed by atoms with Gasteiger partial charge in [-0.05, 0) is 46.2 Å². The van der Waals surface area contributed by atoms with Gasteiger partial charge in [0.05, 0.1) is 5.75 Å². The Morgan fingerprint density at radius 1 is 1.08 bits per heavy atom. The standard InChI is InChI=1S/C16H33N5O2S.HI/c1-16(2,20-9-5-4-6-10-20)14-19-15(17-3)18-8-12-21-11-7-13-24(21,22)23;/h4-14H2,1-3H3,(H2,17,18,19);1H. The molecule has 0 amide bonds. The highest BCUT2D eigenvalue weighted by Crippen LogP contribution is 2.19. The van der Waals surface area contributed by atoms with Crippen molar-refractivity contribution in [3.05, 3.63) is 0 Å². The lowest BCUT2D eigenvalue weighted by Crippen LogP contribution is -2.55. The first-order valence-corrected chi connectivity index (χ1v) is 10.6. The van der Waals surface area contributed by atoms with Gasteiger partial charge < -0.3 is 10.6 Å². The van der Waals surface area contributed by atoms with Crippen molar-refractivity contribution in [1.29, 1.82) is 0 Å². The summed E-state index contributed by atoms with van der Waals surface area (Å²) >= 11 is 0. The maximum absolute atomic E-state index is 11.8. The number of hydrogen-bond acceptors (Lipinski definition) is 4. The summed E-state index contributed by atoms with van der Waals surface area (Å²) in [5, 5.41) is 6.61. The van der Waals surface area contributed by atoms with Crippen molar-refractivity contribution in [2.45, 2.75) is 45.1 Å². The molecule has 0 spiro atoms. The SMILES string of the molecule is CN=C(NCCN1CCCS1(=O)=O)NCC(C)(C)N1CCCCC1.I. The Morgan fingerprint density at radius 2 is 1.76 bits per heavy atom. The maximum atomic E-state index is 11.8. The molecule has 7 nitrogen and oxygen atoms in total. The number of nitrogens with zero attached hydrogens (tertiary/aromatic N) is 3. The Labute approximate surface area is 170 Å². The number of aliphatic imine (C=N–C) groups is 1. The quantitative estimate of drug-likeness (QED) is 0.333. The highest BCUT2D eigenvalue weighted by molar-refractivity contribution is 14.0. The van der Waals surface area contributed by atoms with E-state index < -0.39 is 10.0 Å². The second-order valence-corrected chi connectivity index (χ2v) is 9.37. The molecule has 2 saturated heterocycles. The number of hydrogen-bond donors (Lipinski definition) is 2. The summed E-state index contributed by atoms with van der Waals surface area (Å²) in [7, 11) is -1.27. The average Bonchev–Trinajstić information content (AvgIpc) is 2.90. The van der Waals surface area contributed by atoms with Gasteiger partial charge in [-0.25, -0.2) is 12.7 Å². The van der Waals surface area contributed by atoms with Crippen LogP contribution in [0.25, 0.3) is 0 Å². The zero-order chi connectivity index (χ0) is 17.6. The lowest BCUT2D eigenvalue weighted by molar-refractivity contribution is 0.0982.